The second-order valence-electron chi connectivity index (χ2n) is 12.1. The maximum absolute atomic E-state index is 6.57. The van der Waals surface area contributed by atoms with Gasteiger partial charge in [0.1, 0.15) is 5.58 Å². The van der Waals surface area contributed by atoms with Gasteiger partial charge in [-0.2, -0.15) is 0 Å². The minimum Gasteiger partial charge on any atom is -0.439 e. The second-order valence-corrected chi connectivity index (χ2v) is 12.1. The standard InChI is InChI=1S/C44H27NO/c1-2-14-32(15-3-1)45-39-25-24-31(27-38(39)43-37-20-10-11-21-40(37)46-44(43)45)42-35-18-8-6-16-33(35)41(34-17-7-9-19-36(34)42)30-23-22-28-12-4-5-13-29(28)26-30/h1-27H. The Bertz CT molecular complexity index is 2740. The third-order valence-corrected chi connectivity index (χ3v) is 9.56. The van der Waals surface area contributed by atoms with Crippen molar-refractivity contribution in [1.82, 2.24) is 4.57 Å². The lowest BCUT2D eigenvalue weighted by molar-refractivity contribution is 0.645. The van der Waals surface area contributed by atoms with Crippen LogP contribution in [0.4, 0.5) is 0 Å². The number of benzene rings is 8. The first-order valence-electron chi connectivity index (χ1n) is 15.8. The summed E-state index contributed by atoms with van der Waals surface area (Å²) >= 11 is 0. The van der Waals surface area contributed by atoms with Crippen LogP contribution < -0.4 is 0 Å². The maximum Gasteiger partial charge on any atom is 0.213 e. The Morgan fingerprint density at radius 1 is 0.391 bits per heavy atom. The zero-order valence-corrected chi connectivity index (χ0v) is 24.9. The molecule has 0 aliphatic heterocycles. The minimum absolute atomic E-state index is 0.876. The van der Waals surface area contributed by atoms with Crippen LogP contribution in [0.5, 0.6) is 0 Å². The van der Waals surface area contributed by atoms with E-state index >= 15 is 0 Å². The molecular formula is C44H27NO. The lowest BCUT2D eigenvalue weighted by Gasteiger charge is -2.18. The van der Waals surface area contributed by atoms with Gasteiger partial charge < -0.3 is 4.42 Å². The van der Waals surface area contributed by atoms with Gasteiger partial charge in [0.25, 0.3) is 0 Å². The number of para-hydroxylation sites is 2. The number of hydrogen-bond acceptors (Lipinski definition) is 1. The molecule has 214 valence electrons. The fourth-order valence-electron chi connectivity index (χ4n) is 7.58. The van der Waals surface area contributed by atoms with Crippen molar-refractivity contribution in [2.45, 2.75) is 0 Å². The minimum atomic E-state index is 0.876. The third-order valence-electron chi connectivity index (χ3n) is 9.56. The van der Waals surface area contributed by atoms with Crippen molar-refractivity contribution in [2.24, 2.45) is 0 Å². The van der Waals surface area contributed by atoms with Gasteiger partial charge in [0.2, 0.25) is 5.71 Å². The van der Waals surface area contributed by atoms with Gasteiger partial charge in [-0.05, 0) is 91.0 Å². The Morgan fingerprint density at radius 2 is 0.935 bits per heavy atom. The summed E-state index contributed by atoms with van der Waals surface area (Å²) in [5.41, 5.74) is 8.97. The highest BCUT2D eigenvalue weighted by Crippen LogP contribution is 2.46. The molecule has 2 nitrogen and oxygen atoms in total. The molecule has 0 spiro atoms. The predicted molar refractivity (Wildman–Crippen MR) is 194 cm³/mol. The van der Waals surface area contributed by atoms with Crippen LogP contribution in [0.1, 0.15) is 0 Å². The molecule has 0 aliphatic rings. The summed E-state index contributed by atoms with van der Waals surface area (Å²) in [6.45, 7) is 0. The van der Waals surface area contributed by atoms with E-state index in [9.17, 15) is 0 Å². The number of aromatic nitrogens is 1. The normalized spacial score (nSPS) is 11.9. The third kappa shape index (κ3) is 3.59. The smallest absolute Gasteiger partial charge is 0.213 e. The summed E-state index contributed by atoms with van der Waals surface area (Å²) < 4.78 is 8.82. The SMILES string of the molecule is c1ccc(-n2c3ccc(-c4c5ccccc5c(-c5ccc6ccccc6c5)c5ccccc45)cc3c3c4ccccc4oc32)cc1. The number of hydrogen-bond donors (Lipinski definition) is 0. The average Bonchev–Trinajstić information content (AvgIpc) is 3.65. The monoisotopic (exact) mass is 585 g/mol. The molecule has 0 saturated heterocycles. The van der Waals surface area contributed by atoms with Gasteiger partial charge in [-0.3, -0.25) is 4.57 Å². The van der Waals surface area contributed by atoms with E-state index in [1.165, 1.54) is 60.0 Å². The summed E-state index contributed by atoms with van der Waals surface area (Å²) in [6.07, 6.45) is 0. The van der Waals surface area contributed by atoms with Crippen LogP contribution in [0.15, 0.2) is 168 Å². The predicted octanol–water partition coefficient (Wildman–Crippen LogP) is 12.3. The highest BCUT2D eigenvalue weighted by Gasteiger charge is 2.22. The van der Waals surface area contributed by atoms with Crippen molar-refractivity contribution in [3.8, 4) is 27.9 Å². The van der Waals surface area contributed by atoms with E-state index in [4.69, 9.17) is 4.42 Å². The highest BCUT2D eigenvalue weighted by atomic mass is 16.3. The Balaban J connectivity index is 1.31. The summed E-state index contributed by atoms with van der Waals surface area (Å²) in [5.74, 6) is 0. The molecule has 2 aromatic heterocycles. The molecule has 2 heteroatoms. The zero-order valence-electron chi connectivity index (χ0n) is 24.9. The molecule has 0 bridgehead atoms. The number of nitrogens with zero attached hydrogens (tertiary/aromatic N) is 1. The molecule has 0 N–H and O–H groups in total. The second kappa shape index (κ2) is 9.69. The fraction of sp³-hybridized carbons (Fsp3) is 0. The van der Waals surface area contributed by atoms with Crippen LogP contribution in [0.3, 0.4) is 0 Å². The molecule has 8 aromatic carbocycles. The van der Waals surface area contributed by atoms with Gasteiger partial charge >= 0.3 is 0 Å². The van der Waals surface area contributed by atoms with Crippen molar-refractivity contribution in [3.63, 3.8) is 0 Å². The molecule has 0 saturated carbocycles. The van der Waals surface area contributed by atoms with Gasteiger partial charge in [-0.15, -0.1) is 0 Å². The summed E-state index contributed by atoms with van der Waals surface area (Å²) in [5, 5.41) is 11.0. The van der Waals surface area contributed by atoms with E-state index in [0.29, 0.717) is 0 Å². The molecule has 0 fully saturated rings. The number of rotatable bonds is 3. The van der Waals surface area contributed by atoms with Crippen LogP contribution in [-0.2, 0) is 0 Å². The van der Waals surface area contributed by atoms with Crippen molar-refractivity contribution in [1.29, 1.82) is 0 Å². The average molecular weight is 586 g/mol. The largest absolute Gasteiger partial charge is 0.439 e. The Hall–Kier alpha value is -6.12. The van der Waals surface area contributed by atoms with E-state index in [2.05, 4.69) is 162 Å². The number of furan rings is 1. The first-order chi connectivity index (χ1) is 22.8. The van der Waals surface area contributed by atoms with Gasteiger partial charge in [0, 0.05) is 16.5 Å². The molecule has 0 aliphatic carbocycles. The molecule has 0 amide bonds. The van der Waals surface area contributed by atoms with Crippen molar-refractivity contribution in [2.75, 3.05) is 0 Å². The van der Waals surface area contributed by atoms with Gasteiger partial charge in [0.05, 0.1) is 10.9 Å². The molecular weight excluding hydrogens is 558 g/mol. The van der Waals surface area contributed by atoms with E-state index in [1.54, 1.807) is 0 Å². The maximum atomic E-state index is 6.57. The first kappa shape index (κ1) is 25.2. The van der Waals surface area contributed by atoms with Crippen LogP contribution in [0.25, 0.3) is 93.2 Å². The van der Waals surface area contributed by atoms with Crippen molar-refractivity contribution >= 4 is 65.3 Å². The summed E-state index contributed by atoms with van der Waals surface area (Å²) in [4.78, 5) is 0. The quantitative estimate of drug-likeness (QED) is 0.189. The first-order valence-corrected chi connectivity index (χ1v) is 15.8. The number of fused-ring (bicyclic) bond motifs is 8. The molecule has 0 radical (unpaired) electrons. The van der Waals surface area contributed by atoms with E-state index in [1.807, 2.05) is 6.07 Å². The molecule has 10 rings (SSSR count). The van der Waals surface area contributed by atoms with Crippen LogP contribution in [0, 0.1) is 0 Å². The molecule has 10 aromatic rings. The summed E-state index contributed by atoms with van der Waals surface area (Å²) in [6, 6.07) is 59.0. The van der Waals surface area contributed by atoms with Crippen LogP contribution in [0.2, 0.25) is 0 Å². The Labute approximate surface area is 265 Å². The lowest BCUT2D eigenvalue weighted by Crippen LogP contribution is -1.93. The van der Waals surface area contributed by atoms with Gasteiger partial charge in [0.15, 0.2) is 0 Å². The molecule has 0 unspecified atom stereocenters. The van der Waals surface area contributed by atoms with Gasteiger partial charge in [-0.1, -0.05) is 127 Å². The molecule has 0 atom stereocenters. The summed E-state index contributed by atoms with van der Waals surface area (Å²) in [7, 11) is 0. The van der Waals surface area contributed by atoms with E-state index in [-0.39, 0.29) is 0 Å². The van der Waals surface area contributed by atoms with E-state index < -0.39 is 0 Å². The van der Waals surface area contributed by atoms with Crippen molar-refractivity contribution < 1.29 is 4.42 Å². The zero-order chi connectivity index (χ0) is 30.2. The van der Waals surface area contributed by atoms with Crippen LogP contribution >= 0.6 is 0 Å². The lowest BCUT2D eigenvalue weighted by atomic mass is 9.85. The van der Waals surface area contributed by atoms with Crippen molar-refractivity contribution in [3.05, 3.63) is 164 Å². The molecule has 2 heterocycles. The highest BCUT2D eigenvalue weighted by molar-refractivity contribution is 6.24. The van der Waals surface area contributed by atoms with Crippen LogP contribution in [-0.4, -0.2) is 4.57 Å². The van der Waals surface area contributed by atoms with Gasteiger partial charge in [-0.25, -0.2) is 0 Å². The Kier molecular flexibility index (Phi) is 5.31. The van der Waals surface area contributed by atoms with E-state index in [0.717, 1.165) is 33.3 Å². The Morgan fingerprint density at radius 3 is 1.63 bits per heavy atom. The fourth-order valence-corrected chi connectivity index (χ4v) is 7.58. The topological polar surface area (TPSA) is 18.1 Å². The molecule has 46 heavy (non-hydrogen) atoms.